The van der Waals surface area contributed by atoms with Gasteiger partial charge in [-0.25, -0.2) is 0 Å². The number of nitrogens with two attached hydrogens (primary N) is 1. The molecule has 4 N–H and O–H groups in total. The molecule has 0 aromatic heterocycles. The van der Waals surface area contributed by atoms with Crippen LogP contribution in [0, 0.1) is 11.8 Å². The normalized spacial score (nSPS) is 29.6. The third-order valence-electron chi connectivity index (χ3n) is 3.05. The van der Waals surface area contributed by atoms with Crippen molar-refractivity contribution in [1.82, 2.24) is 10.6 Å². The monoisotopic (exact) mass is 227 g/mol. The summed E-state index contributed by atoms with van der Waals surface area (Å²) in [6.07, 6.45) is 2.58. The SMILES string of the molecule is CNC(=O)CNC(=O)C1CC(C)CC(N)C1. The first-order valence-electron chi connectivity index (χ1n) is 5.76. The fourth-order valence-corrected chi connectivity index (χ4v) is 2.27. The van der Waals surface area contributed by atoms with Gasteiger partial charge in [-0.15, -0.1) is 0 Å². The number of likely N-dealkylation sites (N-methyl/N-ethyl adjacent to an activating group) is 1. The molecule has 0 radical (unpaired) electrons. The third-order valence-corrected chi connectivity index (χ3v) is 3.05. The van der Waals surface area contributed by atoms with E-state index in [1.54, 1.807) is 7.05 Å². The number of nitrogens with one attached hydrogen (secondary N) is 2. The van der Waals surface area contributed by atoms with Crippen LogP contribution in [0.4, 0.5) is 0 Å². The van der Waals surface area contributed by atoms with E-state index in [1.165, 1.54) is 0 Å². The average Bonchev–Trinajstić information content (AvgIpc) is 2.23. The fourth-order valence-electron chi connectivity index (χ4n) is 2.27. The molecule has 16 heavy (non-hydrogen) atoms. The lowest BCUT2D eigenvalue weighted by Gasteiger charge is -2.30. The maximum absolute atomic E-state index is 11.8. The van der Waals surface area contributed by atoms with Crippen molar-refractivity contribution in [2.45, 2.75) is 32.2 Å². The van der Waals surface area contributed by atoms with Crippen molar-refractivity contribution in [3.63, 3.8) is 0 Å². The Balaban J connectivity index is 2.38. The highest BCUT2D eigenvalue weighted by Gasteiger charge is 2.29. The second-order valence-corrected chi connectivity index (χ2v) is 4.66. The minimum atomic E-state index is -0.179. The van der Waals surface area contributed by atoms with Crippen LogP contribution >= 0.6 is 0 Å². The smallest absolute Gasteiger partial charge is 0.239 e. The van der Waals surface area contributed by atoms with Gasteiger partial charge < -0.3 is 16.4 Å². The number of rotatable bonds is 3. The summed E-state index contributed by atoms with van der Waals surface area (Å²) in [6, 6.07) is 0.111. The predicted molar refractivity (Wildman–Crippen MR) is 61.6 cm³/mol. The zero-order valence-corrected chi connectivity index (χ0v) is 9.95. The predicted octanol–water partition coefficient (Wildman–Crippen LogP) is -0.388. The second-order valence-electron chi connectivity index (χ2n) is 4.66. The van der Waals surface area contributed by atoms with Gasteiger partial charge in [-0.1, -0.05) is 6.92 Å². The molecule has 0 bridgehead atoms. The van der Waals surface area contributed by atoms with Crippen molar-refractivity contribution >= 4 is 11.8 Å². The van der Waals surface area contributed by atoms with E-state index >= 15 is 0 Å². The molecule has 2 amide bonds. The Morgan fingerprint density at radius 3 is 2.56 bits per heavy atom. The van der Waals surface area contributed by atoms with Crippen LogP contribution < -0.4 is 16.4 Å². The summed E-state index contributed by atoms with van der Waals surface area (Å²) in [5.74, 6) is 0.218. The van der Waals surface area contributed by atoms with E-state index in [4.69, 9.17) is 5.73 Å². The summed E-state index contributed by atoms with van der Waals surface area (Å²) >= 11 is 0. The molecule has 0 saturated heterocycles. The summed E-state index contributed by atoms with van der Waals surface area (Å²) in [5, 5.41) is 5.10. The Morgan fingerprint density at radius 2 is 2.00 bits per heavy atom. The molecule has 0 aliphatic heterocycles. The van der Waals surface area contributed by atoms with E-state index in [1.807, 2.05) is 0 Å². The van der Waals surface area contributed by atoms with Crippen molar-refractivity contribution in [2.75, 3.05) is 13.6 Å². The number of carbonyl (C=O) groups excluding carboxylic acids is 2. The highest BCUT2D eigenvalue weighted by Crippen LogP contribution is 2.27. The molecule has 1 aliphatic rings. The van der Waals surface area contributed by atoms with Crippen molar-refractivity contribution in [3.05, 3.63) is 0 Å². The molecule has 1 saturated carbocycles. The summed E-state index contributed by atoms with van der Waals surface area (Å²) in [7, 11) is 1.55. The molecule has 5 heteroatoms. The van der Waals surface area contributed by atoms with E-state index in [2.05, 4.69) is 17.6 Å². The van der Waals surface area contributed by atoms with E-state index < -0.39 is 0 Å². The van der Waals surface area contributed by atoms with E-state index in [0.29, 0.717) is 5.92 Å². The number of amides is 2. The highest BCUT2D eigenvalue weighted by atomic mass is 16.2. The van der Waals surface area contributed by atoms with Gasteiger partial charge in [-0.05, 0) is 25.2 Å². The van der Waals surface area contributed by atoms with Gasteiger partial charge in [0.1, 0.15) is 0 Å². The summed E-state index contributed by atoms with van der Waals surface area (Å²) in [6.45, 7) is 2.16. The molecule has 3 atom stereocenters. The van der Waals surface area contributed by atoms with Gasteiger partial charge in [0.05, 0.1) is 6.54 Å². The van der Waals surface area contributed by atoms with Gasteiger partial charge in [0.25, 0.3) is 0 Å². The molecular weight excluding hydrogens is 206 g/mol. The van der Waals surface area contributed by atoms with Crippen molar-refractivity contribution in [2.24, 2.45) is 17.6 Å². The second kappa shape index (κ2) is 5.84. The van der Waals surface area contributed by atoms with E-state index in [0.717, 1.165) is 19.3 Å². The van der Waals surface area contributed by atoms with Gasteiger partial charge in [0, 0.05) is 19.0 Å². The molecule has 1 fully saturated rings. The Labute approximate surface area is 96.1 Å². The summed E-state index contributed by atoms with van der Waals surface area (Å²) < 4.78 is 0. The van der Waals surface area contributed by atoms with Crippen molar-refractivity contribution < 1.29 is 9.59 Å². The lowest BCUT2D eigenvalue weighted by atomic mass is 9.79. The van der Waals surface area contributed by atoms with Crippen LogP contribution in [-0.2, 0) is 9.59 Å². The highest BCUT2D eigenvalue weighted by molar-refractivity contribution is 5.85. The van der Waals surface area contributed by atoms with Gasteiger partial charge in [0.2, 0.25) is 11.8 Å². The van der Waals surface area contributed by atoms with Gasteiger partial charge >= 0.3 is 0 Å². The topological polar surface area (TPSA) is 84.2 Å². The number of hydrogen-bond donors (Lipinski definition) is 3. The summed E-state index contributed by atoms with van der Waals surface area (Å²) in [4.78, 5) is 22.7. The van der Waals surface area contributed by atoms with E-state index in [9.17, 15) is 9.59 Å². The van der Waals surface area contributed by atoms with Crippen molar-refractivity contribution in [3.8, 4) is 0 Å². The van der Waals surface area contributed by atoms with Crippen LogP contribution in [0.25, 0.3) is 0 Å². The quantitative estimate of drug-likeness (QED) is 0.614. The standard InChI is InChI=1S/C11H21N3O2/c1-7-3-8(5-9(12)4-7)11(16)14-6-10(15)13-2/h7-9H,3-6,12H2,1-2H3,(H,13,15)(H,14,16). The van der Waals surface area contributed by atoms with Crippen LogP contribution in [0.1, 0.15) is 26.2 Å². The third kappa shape index (κ3) is 3.81. The first kappa shape index (κ1) is 13.0. The zero-order chi connectivity index (χ0) is 12.1. The van der Waals surface area contributed by atoms with Crippen LogP contribution in [0.15, 0.2) is 0 Å². The van der Waals surface area contributed by atoms with Crippen molar-refractivity contribution in [1.29, 1.82) is 0 Å². The minimum Gasteiger partial charge on any atom is -0.358 e. The Morgan fingerprint density at radius 1 is 1.31 bits per heavy atom. The van der Waals surface area contributed by atoms with Gasteiger partial charge in [-0.2, -0.15) is 0 Å². The van der Waals surface area contributed by atoms with E-state index in [-0.39, 0.29) is 30.3 Å². The molecule has 3 unspecified atom stereocenters. The molecule has 0 heterocycles. The number of carbonyl (C=O) groups is 2. The first-order valence-corrected chi connectivity index (χ1v) is 5.76. The molecular formula is C11H21N3O2. The van der Waals surface area contributed by atoms with Crippen LogP contribution in [-0.4, -0.2) is 31.4 Å². The zero-order valence-electron chi connectivity index (χ0n) is 9.95. The maximum Gasteiger partial charge on any atom is 0.239 e. The van der Waals surface area contributed by atoms with Gasteiger partial charge in [-0.3, -0.25) is 9.59 Å². The molecule has 0 spiro atoms. The van der Waals surface area contributed by atoms with Crippen LogP contribution in [0.5, 0.6) is 0 Å². The van der Waals surface area contributed by atoms with Gasteiger partial charge in [0.15, 0.2) is 0 Å². The molecule has 1 aliphatic carbocycles. The lowest BCUT2D eigenvalue weighted by Crippen LogP contribution is -2.43. The lowest BCUT2D eigenvalue weighted by molar-refractivity contribution is -0.129. The average molecular weight is 227 g/mol. The first-order chi connectivity index (χ1) is 7.52. The Hall–Kier alpha value is -1.10. The fraction of sp³-hybridized carbons (Fsp3) is 0.818. The Kier molecular flexibility index (Phi) is 4.73. The number of hydrogen-bond acceptors (Lipinski definition) is 3. The molecule has 92 valence electrons. The molecule has 1 rings (SSSR count). The van der Waals surface area contributed by atoms with Crippen LogP contribution in [0.3, 0.4) is 0 Å². The minimum absolute atomic E-state index is 0.0385. The largest absolute Gasteiger partial charge is 0.358 e. The maximum atomic E-state index is 11.8. The summed E-state index contributed by atoms with van der Waals surface area (Å²) in [5.41, 5.74) is 5.88. The molecule has 5 nitrogen and oxygen atoms in total. The van der Waals surface area contributed by atoms with Crippen LogP contribution in [0.2, 0.25) is 0 Å². The molecule has 0 aromatic carbocycles. The molecule has 0 aromatic rings. The Bertz CT molecular complexity index is 258.